The Labute approximate surface area is 199 Å². The van der Waals surface area contributed by atoms with Crippen molar-refractivity contribution in [3.8, 4) is 11.5 Å². The van der Waals surface area contributed by atoms with Crippen LogP contribution in [-0.2, 0) is 0 Å². The Hall–Kier alpha value is -3.15. The molecule has 0 radical (unpaired) electrons. The van der Waals surface area contributed by atoms with Crippen molar-refractivity contribution in [1.29, 1.82) is 0 Å². The van der Waals surface area contributed by atoms with E-state index in [1.807, 2.05) is 30.3 Å². The topological polar surface area (TPSA) is 45.4 Å². The van der Waals surface area contributed by atoms with Gasteiger partial charge in [0.25, 0.3) is 0 Å². The molecule has 5 rings (SSSR count). The van der Waals surface area contributed by atoms with Crippen molar-refractivity contribution in [2.24, 2.45) is 0 Å². The maximum absolute atomic E-state index is 6.21. The first-order valence-electron chi connectivity index (χ1n) is 11.3. The van der Waals surface area contributed by atoms with E-state index in [1.165, 1.54) is 16.8 Å². The molecule has 1 unspecified atom stereocenters. The monoisotopic (exact) mass is 458 g/mol. The number of nitrogens with zero attached hydrogens (tertiary/aromatic N) is 4. The van der Waals surface area contributed by atoms with E-state index < -0.39 is 0 Å². The second kappa shape index (κ2) is 9.38. The quantitative estimate of drug-likeness (QED) is 0.371. The van der Waals surface area contributed by atoms with E-state index in [1.54, 1.807) is 0 Å². The van der Waals surface area contributed by atoms with Crippen LogP contribution in [0.2, 0.25) is 5.02 Å². The van der Waals surface area contributed by atoms with Crippen LogP contribution in [-0.4, -0.2) is 41.3 Å². The van der Waals surface area contributed by atoms with Gasteiger partial charge in [-0.2, -0.15) is 0 Å². The molecule has 1 aromatic heterocycles. The number of aromatic nitrogens is 2. The summed E-state index contributed by atoms with van der Waals surface area (Å²) in [6, 6.07) is 24.4. The molecule has 0 bridgehead atoms. The SMILES string of the molecule is Cc1cccc(N2CCN(C(c3ccccc3)c3nnc(-c4ccc(Cl)cc4)o3)CC2)c1C. The lowest BCUT2D eigenvalue weighted by Crippen LogP contribution is -2.48. The summed E-state index contributed by atoms with van der Waals surface area (Å²) in [7, 11) is 0. The first-order chi connectivity index (χ1) is 16.1. The fourth-order valence-electron chi connectivity index (χ4n) is 4.50. The number of piperazine rings is 1. The Morgan fingerprint density at radius 2 is 1.55 bits per heavy atom. The van der Waals surface area contributed by atoms with Crippen molar-refractivity contribution in [1.82, 2.24) is 15.1 Å². The molecule has 2 heterocycles. The zero-order valence-electron chi connectivity index (χ0n) is 18.9. The lowest BCUT2D eigenvalue weighted by Gasteiger charge is -2.39. The van der Waals surface area contributed by atoms with Crippen molar-refractivity contribution in [2.45, 2.75) is 19.9 Å². The summed E-state index contributed by atoms with van der Waals surface area (Å²) in [5.41, 5.74) is 6.04. The van der Waals surface area contributed by atoms with Crippen molar-refractivity contribution >= 4 is 17.3 Å². The van der Waals surface area contributed by atoms with Gasteiger partial charge in [0.15, 0.2) is 0 Å². The van der Waals surface area contributed by atoms with Gasteiger partial charge in [0.1, 0.15) is 6.04 Å². The molecule has 3 aromatic carbocycles. The first kappa shape index (κ1) is 21.7. The number of aryl methyl sites for hydroxylation is 1. The molecule has 33 heavy (non-hydrogen) atoms. The molecule has 1 aliphatic heterocycles. The Balaban J connectivity index is 1.41. The van der Waals surface area contributed by atoms with Crippen LogP contribution in [0.15, 0.2) is 77.2 Å². The second-order valence-electron chi connectivity index (χ2n) is 8.51. The number of benzene rings is 3. The van der Waals surface area contributed by atoms with Crippen LogP contribution in [0, 0.1) is 13.8 Å². The summed E-state index contributed by atoms with van der Waals surface area (Å²) in [5.74, 6) is 1.13. The zero-order valence-corrected chi connectivity index (χ0v) is 19.7. The van der Waals surface area contributed by atoms with E-state index in [0.29, 0.717) is 16.8 Å². The van der Waals surface area contributed by atoms with Crippen LogP contribution in [0.5, 0.6) is 0 Å². The number of rotatable bonds is 5. The normalized spacial score (nSPS) is 15.5. The fourth-order valence-corrected chi connectivity index (χ4v) is 4.62. The zero-order chi connectivity index (χ0) is 22.8. The molecule has 0 amide bonds. The van der Waals surface area contributed by atoms with E-state index in [0.717, 1.165) is 37.3 Å². The van der Waals surface area contributed by atoms with Crippen LogP contribution in [0.4, 0.5) is 5.69 Å². The molecule has 6 heteroatoms. The van der Waals surface area contributed by atoms with Gasteiger partial charge in [-0.05, 0) is 60.9 Å². The predicted molar refractivity (Wildman–Crippen MR) is 133 cm³/mol. The minimum atomic E-state index is -0.0829. The van der Waals surface area contributed by atoms with E-state index in [9.17, 15) is 0 Å². The van der Waals surface area contributed by atoms with Crippen molar-refractivity contribution in [2.75, 3.05) is 31.1 Å². The van der Waals surface area contributed by atoms with Crippen LogP contribution in [0.3, 0.4) is 0 Å². The van der Waals surface area contributed by atoms with E-state index in [4.69, 9.17) is 16.0 Å². The van der Waals surface area contributed by atoms with Gasteiger partial charge in [-0.1, -0.05) is 54.1 Å². The Kier molecular flexibility index (Phi) is 6.16. The highest BCUT2D eigenvalue weighted by molar-refractivity contribution is 6.30. The van der Waals surface area contributed by atoms with Gasteiger partial charge in [-0.25, -0.2) is 0 Å². The molecule has 5 nitrogen and oxygen atoms in total. The summed E-state index contributed by atoms with van der Waals surface area (Å²) >= 11 is 6.03. The average Bonchev–Trinajstić information content (AvgIpc) is 3.32. The highest BCUT2D eigenvalue weighted by Crippen LogP contribution is 2.32. The summed E-state index contributed by atoms with van der Waals surface area (Å²) < 4.78 is 6.21. The van der Waals surface area contributed by atoms with Gasteiger partial charge in [-0.15, -0.1) is 10.2 Å². The third-order valence-corrected chi connectivity index (χ3v) is 6.73. The van der Waals surface area contributed by atoms with Crippen molar-refractivity contribution in [3.05, 3.63) is 100 Å². The average molecular weight is 459 g/mol. The second-order valence-corrected chi connectivity index (χ2v) is 8.94. The lowest BCUT2D eigenvalue weighted by atomic mass is 10.0. The van der Waals surface area contributed by atoms with Crippen LogP contribution in [0.25, 0.3) is 11.5 Å². The Morgan fingerprint density at radius 3 is 2.27 bits per heavy atom. The highest BCUT2D eigenvalue weighted by Gasteiger charge is 2.31. The van der Waals surface area contributed by atoms with Gasteiger partial charge in [-0.3, -0.25) is 4.90 Å². The van der Waals surface area contributed by atoms with Gasteiger partial charge in [0.05, 0.1) is 0 Å². The molecule has 1 aliphatic rings. The molecule has 0 N–H and O–H groups in total. The van der Waals surface area contributed by atoms with Crippen LogP contribution >= 0.6 is 11.6 Å². The van der Waals surface area contributed by atoms with Gasteiger partial charge >= 0.3 is 0 Å². The van der Waals surface area contributed by atoms with Crippen molar-refractivity contribution < 1.29 is 4.42 Å². The summed E-state index contributed by atoms with van der Waals surface area (Å²) in [6.07, 6.45) is 0. The van der Waals surface area contributed by atoms with E-state index in [2.05, 4.69) is 76.3 Å². The predicted octanol–water partition coefficient (Wildman–Crippen LogP) is 5.92. The highest BCUT2D eigenvalue weighted by atomic mass is 35.5. The molecule has 1 fully saturated rings. The number of halogens is 1. The molecule has 168 valence electrons. The molecule has 0 saturated carbocycles. The molecular formula is C27H27ClN4O. The third-order valence-electron chi connectivity index (χ3n) is 6.48. The van der Waals surface area contributed by atoms with Gasteiger partial charge < -0.3 is 9.32 Å². The first-order valence-corrected chi connectivity index (χ1v) is 11.7. The largest absolute Gasteiger partial charge is 0.419 e. The van der Waals surface area contributed by atoms with Gasteiger partial charge in [0.2, 0.25) is 11.8 Å². The summed E-state index contributed by atoms with van der Waals surface area (Å²) in [4.78, 5) is 4.92. The maximum atomic E-state index is 6.21. The lowest BCUT2D eigenvalue weighted by molar-refractivity contribution is 0.188. The Bertz CT molecular complexity index is 1210. The Morgan fingerprint density at radius 1 is 0.818 bits per heavy atom. The molecule has 0 spiro atoms. The summed E-state index contributed by atoms with van der Waals surface area (Å²) in [5, 5.41) is 9.49. The number of anilines is 1. The third kappa shape index (κ3) is 4.52. The minimum Gasteiger partial charge on any atom is -0.419 e. The molecule has 1 atom stereocenters. The molecule has 1 saturated heterocycles. The fraction of sp³-hybridized carbons (Fsp3) is 0.259. The maximum Gasteiger partial charge on any atom is 0.247 e. The minimum absolute atomic E-state index is 0.0829. The summed E-state index contributed by atoms with van der Waals surface area (Å²) in [6.45, 7) is 8.10. The van der Waals surface area contributed by atoms with Gasteiger partial charge in [0, 0.05) is 42.5 Å². The number of hydrogen-bond donors (Lipinski definition) is 0. The number of hydrogen-bond acceptors (Lipinski definition) is 5. The van der Waals surface area contributed by atoms with Crippen molar-refractivity contribution in [3.63, 3.8) is 0 Å². The van der Waals surface area contributed by atoms with Crippen LogP contribution in [0.1, 0.15) is 28.6 Å². The standard InChI is InChI=1S/C27H27ClN4O/c1-19-7-6-10-24(20(19)2)31-15-17-32(18-16-31)25(21-8-4-3-5-9-21)27-30-29-26(33-27)22-11-13-23(28)14-12-22/h3-14,25H,15-18H2,1-2H3. The van der Waals surface area contributed by atoms with E-state index in [-0.39, 0.29) is 6.04 Å². The van der Waals surface area contributed by atoms with Crippen LogP contribution < -0.4 is 4.90 Å². The van der Waals surface area contributed by atoms with E-state index >= 15 is 0 Å². The molecule has 4 aromatic rings. The molecular weight excluding hydrogens is 432 g/mol. The molecule has 0 aliphatic carbocycles. The smallest absolute Gasteiger partial charge is 0.247 e.